The first-order chi connectivity index (χ1) is 14.0. The number of fused-ring (bicyclic) bond motifs is 4. The van der Waals surface area contributed by atoms with Crippen LogP contribution in [0.3, 0.4) is 0 Å². The lowest BCUT2D eigenvalue weighted by atomic mass is 9.46. The highest BCUT2D eigenvalue weighted by atomic mass is 16.3. The van der Waals surface area contributed by atoms with Crippen molar-refractivity contribution in [2.75, 3.05) is 13.1 Å². The van der Waals surface area contributed by atoms with Crippen molar-refractivity contribution in [2.24, 2.45) is 39.9 Å². The summed E-state index contributed by atoms with van der Waals surface area (Å²) < 4.78 is 0. The van der Waals surface area contributed by atoms with Crippen molar-refractivity contribution in [3.05, 3.63) is 22.8 Å². The van der Waals surface area contributed by atoms with Gasteiger partial charge in [-0.2, -0.15) is 0 Å². The standard InChI is InChI=1S/C28H47NO/c1-18(2)16-29-17-19(3)21-9-10-22-20-8-11-24-26(4,5)25(30)13-15-28(24,7)23(20)12-14-27(21,22)6/h10,18-19,21,24-25,29-30H,8-9,11-17H2,1-7H3. The van der Waals surface area contributed by atoms with Gasteiger partial charge in [0.05, 0.1) is 6.10 Å². The molecular formula is C28H47NO. The van der Waals surface area contributed by atoms with E-state index >= 15 is 0 Å². The smallest absolute Gasteiger partial charge is 0.0594 e. The fraction of sp³-hybridized carbons (Fsp3) is 0.857. The first-order valence-electron chi connectivity index (χ1n) is 12.8. The molecule has 0 amide bonds. The Hall–Kier alpha value is -0.600. The second kappa shape index (κ2) is 7.77. The van der Waals surface area contributed by atoms with E-state index in [9.17, 15) is 5.11 Å². The van der Waals surface area contributed by atoms with Crippen LogP contribution in [0.15, 0.2) is 22.8 Å². The van der Waals surface area contributed by atoms with Crippen LogP contribution in [0.2, 0.25) is 0 Å². The third-order valence-electron chi connectivity index (χ3n) is 10.1. The molecule has 0 heterocycles. The molecule has 6 atom stereocenters. The fourth-order valence-corrected chi connectivity index (χ4v) is 8.32. The minimum Gasteiger partial charge on any atom is -0.393 e. The van der Waals surface area contributed by atoms with Crippen molar-refractivity contribution < 1.29 is 5.11 Å². The van der Waals surface area contributed by atoms with Gasteiger partial charge in [0.25, 0.3) is 0 Å². The zero-order valence-corrected chi connectivity index (χ0v) is 20.8. The molecule has 0 aromatic rings. The Bertz CT molecular complexity index is 731. The normalized spacial score (nSPS) is 41.2. The SMILES string of the molecule is CC(C)CNCC(C)C1CC=C2C3=C(CCC21C)C1(C)CCC(O)C(C)(C)C1CC3. The fourth-order valence-electron chi connectivity index (χ4n) is 8.32. The summed E-state index contributed by atoms with van der Waals surface area (Å²) >= 11 is 0. The van der Waals surface area contributed by atoms with Gasteiger partial charge < -0.3 is 10.4 Å². The summed E-state index contributed by atoms with van der Waals surface area (Å²) in [6.45, 7) is 19.1. The zero-order valence-electron chi connectivity index (χ0n) is 20.8. The Labute approximate surface area is 186 Å². The molecule has 1 fully saturated rings. The monoisotopic (exact) mass is 413 g/mol. The molecule has 0 aliphatic heterocycles. The molecule has 4 aliphatic carbocycles. The average Bonchev–Trinajstić information content (AvgIpc) is 3.02. The van der Waals surface area contributed by atoms with Crippen molar-refractivity contribution in [2.45, 2.75) is 99.5 Å². The van der Waals surface area contributed by atoms with E-state index in [0.717, 1.165) is 37.3 Å². The molecular weight excluding hydrogens is 366 g/mol. The molecule has 0 aromatic carbocycles. The van der Waals surface area contributed by atoms with Gasteiger partial charge in [-0.15, -0.1) is 0 Å². The van der Waals surface area contributed by atoms with Crippen molar-refractivity contribution >= 4 is 0 Å². The predicted molar refractivity (Wildman–Crippen MR) is 127 cm³/mol. The van der Waals surface area contributed by atoms with Gasteiger partial charge in [-0.25, -0.2) is 0 Å². The van der Waals surface area contributed by atoms with E-state index in [1.54, 1.807) is 16.7 Å². The topological polar surface area (TPSA) is 32.3 Å². The first-order valence-corrected chi connectivity index (χ1v) is 12.8. The zero-order chi connectivity index (χ0) is 21.9. The number of allylic oxidation sites excluding steroid dienone is 4. The van der Waals surface area contributed by atoms with Gasteiger partial charge in [0.2, 0.25) is 0 Å². The lowest BCUT2D eigenvalue weighted by Crippen LogP contribution is -2.53. The lowest BCUT2D eigenvalue weighted by molar-refractivity contribution is -0.0905. The molecule has 0 saturated heterocycles. The van der Waals surface area contributed by atoms with Gasteiger partial charge in [-0.3, -0.25) is 0 Å². The lowest BCUT2D eigenvalue weighted by Gasteiger charge is -2.59. The van der Waals surface area contributed by atoms with Gasteiger partial charge in [0, 0.05) is 0 Å². The Morgan fingerprint density at radius 3 is 2.43 bits per heavy atom. The van der Waals surface area contributed by atoms with Gasteiger partial charge in [0.1, 0.15) is 0 Å². The van der Waals surface area contributed by atoms with Gasteiger partial charge in [-0.1, -0.05) is 60.1 Å². The van der Waals surface area contributed by atoms with Crippen LogP contribution in [-0.2, 0) is 0 Å². The highest BCUT2D eigenvalue weighted by Gasteiger charge is 2.57. The Kier molecular flexibility index (Phi) is 5.85. The highest BCUT2D eigenvalue weighted by Crippen LogP contribution is 2.66. The van der Waals surface area contributed by atoms with Gasteiger partial charge in [0.15, 0.2) is 0 Å². The minimum absolute atomic E-state index is 0.0372. The van der Waals surface area contributed by atoms with Crippen molar-refractivity contribution in [3.63, 3.8) is 0 Å². The molecule has 0 bridgehead atoms. The van der Waals surface area contributed by atoms with Gasteiger partial charge in [-0.05, 0) is 109 Å². The van der Waals surface area contributed by atoms with E-state index in [2.05, 4.69) is 59.9 Å². The summed E-state index contributed by atoms with van der Waals surface area (Å²) in [5.74, 6) is 2.84. The summed E-state index contributed by atoms with van der Waals surface area (Å²) in [4.78, 5) is 0. The predicted octanol–water partition coefficient (Wildman–Crippen LogP) is 6.51. The quantitative estimate of drug-likeness (QED) is 0.538. The number of hydrogen-bond donors (Lipinski definition) is 2. The van der Waals surface area contributed by atoms with E-state index in [0.29, 0.717) is 16.7 Å². The molecule has 2 N–H and O–H groups in total. The number of hydrogen-bond acceptors (Lipinski definition) is 2. The van der Waals surface area contributed by atoms with Crippen LogP contribution in [-0.4, -0.2) is 24.3 Å². The number of rotatable bonds is 5. The maximum Gasteiger partial charge on any atom is 0.0594 e. The number of nitrogens with one attached hydrogen (secondary N) is 1. The number of aliphatic hydroxyl groups excluding tert-OH is 1. The summed E-state index contributed by atoms with van der Waals surface area (Å²) in [7, 11) is 0. The maximum atomic E-state index is 10.7. The first kappa shape index (κ1) is 22.6. The molecule has 170 valence electrons. The van der Waals surface area contributed by atoms with Crippen molar-refractivity contribution in [3.8, 4) is 0 Å². The highest BCUT2D eigenvalue weighted by molar-refractivity contribution is 5.49. The third-order valence-corrected chi connectivity index (χ3v) is 10.1. The van der Waals surface area contributed by atoms with Crippen LogP contribution < -0.4 is 5.32 Å². The summed E-state index contributed by atoms with van der Waals surface area (Å²) in [5.41, 5.74) is 5.96. The minimum atomic E-state index is -0.138. The molecule has 2 nitrogen and oxygen atoms in total. The summed E-state index contributed by atoms with van der Waals surface area (Å²) in [6.07, 6.45) is 11.0. The van der Waals surface area contributed by atoms with E-state index < -0.39 is 0 Å². The van der Waals surface area contributed by atoms with E-state index in [-0.39, 0.29) is 11.5 Å². The summed E-state index contributed by atoms with van der Waals surface area (Å²) in [6, 6.07) is 0. The molecule has 4 rings (SSSR count). The van der Waals surface area contributed by atoms with E-state index in [4.69, 9.17) is 0 Å². The molecule has 0 radical (unpaired) electrons. The van der Waals surface area contributed by atoms with E-state index in [1.807, 2.05) is 0 Å². The van der Waals surface area contributed by atoms with Crippen LogP contribution in [0.5, 0.6) is 0 Å². The summed E-state index contributed by atoms with van der Waals surface area (Å²) in [5, 5.41) is 14.5. The number of aliphatic hydroxyl groups is 1. The Morgan fingerprint density at radius 2 is 1.73 bits per heavy atom. The molecule has 30 heavy (non-hydrogen) atoms. The van der Waals surface area contributed by atoms with Gasteiger partial charge >= 0.3 is 0 Å². The second-order valence-corrected chi connectivity index (χ2v) is 12.7. The van der Waals surface area contributed by atoms with Crippen LogP contribution in [0.4, 0.5) is 0 Å². The maximum absolute atomic E-state index is 10.7. The largest absolute Gasteiger partial charge is 0.393 e. The molecule has 2 heteroatoms. The average molecular weight is 414 g/mol. The third kappa shape index (κ3) is 3.36. The van der Waals surface area contributed by atoms with Crippen molar-refractivity contribution in [1.82, 2.24) is 5.32 Å². The molecule has 6 unspecified atom stereocenters. The molecule has 4 aliphatic rings. The van der Waals surface area contributed by atoms with Crippen LogP contribution in [0.25, 0.3) is 0 Å². The second-order valence-electron chi connectivity index (χ2n) is 12.7. The van der Waals surface area contributed by atoms with Crippen molar-refractivity contribution in [1.29, 1.82) is 0 Å². The molecule has 1 saturated carbocycles. The Balaban J connectivity index is 1.58. The van der Waals surface area contributed by atoms with Crippen LogP contribution >= 0.6 is 0 Å². The molecule has 0 spiro atoms. The van der Waals surface area contributed by atoms with Crippen LogP contribution in [0.1, 0.15) is 93.4 Å². The molecule has 0 aromatic heterocycles. The van der Waals surface area contributed by atoms with E-state index in [1.165, 1.54) is 38.5 Å². The Morgan fingerprint density at radius 1 is 1.00 bits per heavy atom. The van der Waals surface area contributed by atoms with Crippen LogP contribution in [0, 0.1) is 39.9 Å².